The minimum atomic E-state index is -0.858. The molecule has 1 aromatic rings. The molecule has 114 valence electrons. The van der Waals surface area contributed by atoms with E-state index < -0.39 is 16.8 Å². The summed E-state index contributed by atoms with van der Waals surface area (Å²) in [6.45, 7) is 5.91. The van der Waals surface area contributed by atoms with E-state index in [1.54, 1.807) is 19.3 Å². The molecule has 2 rings (SSSR count). The Hall–Kier alpha value is -1.91. The second kappa shape index (κ2) is 5.47. The van der Waals surface area contributed by atoms with Gasteiger partial charge in [0.1, 0.15) is 0 Å². The number of carboxylic acid groups (broad SMARTS) is 1. The number of carbonyl (C=O) groups is 2. The molecular formula is C16H22N2O3. The van der Waals surface area contributed by atoms with Gasteiger partial charge in [0.05, 0.1) is 5.41 Å². The third-order valence-corrected chi connectivity index (χ3v) is 5.20. The first kappa shape index (κ1) is 15.5. The van der Waals surface area contributed by atoms with E-state index in [4.69, 9.17) is 0 Å². The Morgan fingerprint density at radius 2 is 2.14 bits per heavy atom. The molecule has 5 nitrogen and oxygen atoms in total. The van der Waals surface area contributed by atoms with Gasteiger partial charge in [-0.25, -0.2) is 0 Å². The van der Waals surface area contributed by atoms with Gasteiger partial charge in [-0.3, -0.25) is 14.6 Å². The molecule has 5 heteroatoms. The van der Waals surface area contributed by atoms with Gasteiger partial charge in [-0.1, -0.05) is 19.9 Å². The Labute approximate surface area is 124 Å². The Bertz CT molecular complexity index is 542. The largest absolute Gasteiger partial charge is 0.481 e. The van der Waals surface area contributed by atoms with Gasteiger partial charge in [-0.2, -0.15) is 0 Å². The van der Waals surface area contributed by atoms with E-state index >= 15 is 0 Å². The molecule has 0 unspecified atom stereocenters. The minimum absolute atomic E-state index is 0.0752. The molecule has 0 spiro atoms. The highest BCUT2D eigenvalue weighted by molar-refractivity contribution is 5.83. The SMILES string of the molecule is CC1(C)[C@@H](C(=O)NCc2cccnc2)CC[C@@]1(C)C(=O)O. The number of hydrogen-bond acceptors (Lipinski definition) is 3. The number of carbonyl (C=O) groups excluding carboxylic acids is 1. The lowest BCUT2D eigenvalue weighted by Gasteiger charge is -2.37. The lowest BCUT2D eigenvalue weighted by molar-refractivity contribution is -0.155. The summed E-state index contributed by atoms with van der Waals surface area (Å²) in [6, 6.07) is 3.72. The number of nitrogens with one attached hydrogen (secondary N) is 1. The quantitative estimate of drug-likeness (QED) is 0.891. The fourth-order valence-corrected chi connectivity index (χ4v) is 3.16. The molecule has 1 fully saturated rings. The maximum atomic E-state index is 12.4. The summed E-state index contributed by atoms with van der Waals surface area (Å²) in [4.78, 5) is 28.0. The molecule has 2 atom stereocenters. The molecule has 2 N–H and O–H groups in total. The summed E-state index contributed by atoms with van der Waals surface area (Å²) in [6.07, 6.45) is 4.53. The summed E-state index contributed by atoms with van der Waals surface area (Å²) in [5, 5.41) is 12.4. The predicted octanol–water partition coefficient (Wildman–Crippen LogP) is 2.22. The first-order chi connectivity index (χ1) is 9.79. The monoisotopic (exact) mass is 290 g/mol. The molecule has 21 heavy (non-hydrogen) atoms. The van der Waals surface area contributed by atoms with Gasteiger partial charge in [-0.05, 0) is 36.8 Å². The first-order valence-corrected chi connectivity index (χ1v) is 7.19. The number of pyridine rings is 1. The summed E-state index contributed by atoms with van der Waals surface area (Å²) in [5.74, 6) is -1.18. The molecule has 1 aliphatic carbocycles. The van der Waals surface area contributed by atoms with Crippen molar-refractivity contribution in [3.8, 4) is 0 Å². The number of rotatable bonds is 4. The van der Waals surface area contributed by atoms with Crippen molar-refractivity contribution in [2.45, 2.75) is 40.2 Å². The van der Waals surface area contributed by atoms with Crippen LogP contribution < -0.4 is 5.32 Å². The molecular weight excluding hydrogens is 268 g/mol. The highest BCUT2D eigenvalue weighted by Gasteiger charge is 2.58. The van der Waals surface area contributed by atoms with Crippen LogP contribution >= 0.6 is 0 Å². The van der Waals surface area contributed by atoms with Crippen molar-refractivity contribution in [2.24, 2.45) is 16.7 Å². The van der Waals surface area contributed by atoms with Crippen molar-refractivity contribution in [1.29, 1.82) is 0 Å². The molecule has 0 bridgehead atoms. The molecule has 1 aliphatic rings. The standard InChI is InChI=1S/C16H22N2O3/c1-15(2)12(6-7-16(15,3)14(20)21)13(19)18-10-11-5-4-8-17-9-11/h4-5,8-9,12H,6-7,10H2,1-3H3,(H,18,19)(H,20,21)/t12-,16+/m1/s1. The number of nitrogens with zero attached hydrogens (tertiary/aromatic N) is 1. The molecule has 1 saturated carbocycles. The number of aromatic nitrogens is 1. The Kier molecular flexibility index (Phi) is 4.03. The summed E-state index contributed by atoms with van der Waals surface area (Å²) >= 11 is 0. The Morgan fingerprint density at radius 3 is 2.67 bits per heavy atom. The van der Waals surface area contributed by atoms with Crippen LogP contribution in [-0.2, 0) is 16.1 Å². The van der Waals surface area contributed by atoms with Crippen LogP contribution in [0.2, 0.25) is 0 Å². The summed E-state index contributed by atoms with van der Waals surface area (Å²) in [7, 11) is 0. The highest BCUT2D eigenvalue weighted by Crippen LogP contribution is 2.56. The molecule has 1 heterocycles. The minimum Gasteiger partial charge on any atom is -0.481 e. The van der Waals surface area contributed by atoms with E-state index in [-0.39, 0.29) is 11.8 Å². The van der Waals surface area contributed by atoms with Gasteiger partial charge in [0.25, 0.3) is 0 Å². The van der Waals surface area contributed by atoms with E-state index in [1.165, 1.54) is 0 Å². The van der Waals surface area contributed by atoms with Gasteiger partial charge >= 0.3 is 5.97 Å². The zero-order valence-electron chi connectivity index (χ0n) is 12.7. The van der Waals surface area contributed by atoms with Gasteiger partial charge in [-0.15, -0.1) is 0 Å². The van der Waals surface area contributed by atoms with E-state index in [2.05, 4.69) is 10.3 Å². The number of amides is 1. The average molecular weight is 290 g/mol. The first-order valence-electron chi connectivity index (χ1n) is 7.19. The van der Waals surface area contributed by atoms with Crippen LogP contribution in [0, 0.1) is 16.7 Å². The fraction of sp³-hybridized carbons (Fsp3) is 0.562. The molecule has 0 aromatic carbocycles. The van der Waals surface area contributed by atoms with Crippen LogP contribution in [0.4, 0.5) is 0 Å². The van der Waals surface area contributed by atoms with Crippen molar-refractivity contribution in [3.63, 3.8) is 0 Å². The van der Waals surface area contributed by atoms with E-state index in [0.29, 0.717) is 19.4 Å². The van der Waals surface area contributed by atoms with Crippen molar-refractivity contribution in [3.05, 3.63) is 30.1 Å². The van der Waals surface area contributed by atoms with Crippen LogP contribution in [-0.4, -0.2) is 22.0 Å². The zero-order valence-corrected chi connectivity index (χ0v) is 12.7. The smallest absolute Gasteiger partial charge is 0.309 e. The summed E-state index contributed by atoms with van der Waals surface area (Å²) < 4.78 is 0. The van der Waals surface area contributed by atoms with Gasteiger partial charge in [0.2, 0.25) is 5.91 Å². The molecule has 0 radical (unpaired) electrons. The second-order valence-corrected chi connectivity index (χ2v) is 6.53. The number of carboxylic acids is 1. The van der Waals surface area contributed by atoms with Crippen molar-refractivity contribution in [2.75, 3.05) is 0 Å². The van der Waals surface area contributed by atoms with Crippen molar-refractivity contribution in [1.82, 2.24) is 10.3 Å². The van der Waals surface area contributed by atoms with E-state index in [9.17, 15) is 14.7 Å². The lowest BCUT2D eigenvalue weighted by Crippen LogP contribution is -2.45. The third-order valence-electron chi connectivity index (χ3n) is 5.20. The van der Waals surface area contributed by atoms with Gasteiger partial charge in [0, 0.05) is 24.9 Å². The highest BCUT2D eigenvalue weighted by atomic mass is 16.4. The van der Waals surface area contributed by atoms with Crippen molar-refractivity contribution < 1.29 is 14.7 Å². The van der Waals surface area contributed by atoms with Crippen LogP contribution in [0.25, 0.3) is 0 Å². The Morgan fingerprint density at radius 1 is 1.43 bits per heavy atom. The van der Waals surface area contributed by atoms with Crippen molar-refractivity contribution >= 4 is 11.9 Å². The number of hydrogen-bond donors (Lipinski definition) is 2. The van der Waals surface area contributed by atoms with E-state index in [0.717, 1.165) is 5.56 Å². The zero-order chi connectivity index (χ0) is 15.7. The maximum absolute atomic E-state index is 12.4. The average Bonchev–Trinajstić information content (AvgIpc) is 2.69. The maximum Gasteiger partial charge on any atom is 0.309 e. The van der Waals surface area contributed by atoms with Gasteiger partial charge in [0.15, 0.2) is 0 Å². The number of aliphatic carboxylic acids is 1. The Balaban J connectivity index is 2.05. The fourth-order valence-electron chi connectivity index (χ4n) is 3.16. The van der Waals surface area contributed by atoms with Crippen LogP contribution in [0.3, 0.4) is 0 Å². The topological polar surface area (TPSA) is 79.3 Å². The third kappa shape index (κ3) is 2.64. The normalized spacial score (nSPS) is 27.3. The summed E-state index contributed by atoms with van der Waals surface area (Å²) in [5.41, 5.74) is -0.496. The van der Waals surface area contributed by atoms with Crippen LogP contribution in [0.1, 0.15) is 39.2 Å². The predicted molar refractivity (Wildman–Crippen MR) is 78.3 cm³/mol. The molecule has 1 aromatic heterocycles. The molecule has 1 amide bonds. The van der Waals surface area contributed by atoms with Gasteiger partial charge < -0.3 is 10.4 Å². The second-order valence-electron chi connectivity index (χ2n) is 6.53. The van der Waals surface area contributed by atoms with Crippen LogP contribution in [0.15, 0.2) is 24.5 Å². The molecule has 0 aliphatic heterocycles. The molecule has 0 saturated heterocycles. The lowest BCUT2D eigenvalue weighted by atomic mass is 9.65. The van der Waals surface area contributed by atoms with Crippen LogP contribution in [0.5, 0.6) is 0 Å². The van der Waals surface area contributed by atoms with E-state index in [1.807, 2.05) is 26.0 Å².